The molecule has 2 amide bonds. The van der Waals surface area contributed by atoms with Crippen LogP contribution in [0.25, 0.3) is 0 Å². The summed E-state index contributed by atoms with van der Waals surface area (Å²) in [6.07, 6.45) is 1.57. The molecule has 3 aromatic rings. The van der Waals surface area contributed by atoms with Gasteiger partial charge in [-0.15, -0.1) is 0 Å². The molecule has 0 spiro atoms. The normalized spacial score (nSPS) is 14.2. The number of amides is 2. The van der Waals surface area contributed by atoms with Gasteiger partial charge >= 0.3 is 0 Å². The van der Waals surface area contributed by atoms with E-state index in [1.807, 2.05) is 48.5 Å². The zero-order chi connectivity index (χ0) is 17.9. The van der Waals surface area contributed by atoms with Crippen molar-refractivity contribution in [3.63, 3.8) is 0 Å². The summed E-state index contributed by atoms with van der Waals surface area (Å²) >= 11 is 0. The van der Waals surface area contributed by atoms with Crippen LogP contribution >= 0.6 is 0 Å². The van der Waals surface area contributed by atoms with E-state index < -0.39 is 6.04 Å². The fraction of sp³-hybridized carbons (Fsp3) is 0.143. The Morgan fingerprint density at radius 1 is 1.04 bits per heavy atom. The van der Waals surface area contributed by atoms with Crippen molar-refractivity contribution in [2.75, 3.05) is 0 Å². The van der Waals surface area contributed by atoms with Crippen molar-refractivity contribution in [1.82, 2.24) is 10.2 Å². The number of fused-ring (bicyclic) bond motifs is 1. The van der Waals surface area contributed by atoms with E-state index in [-0.39, 0.29) is 18.4 Å². The molecule has 1 aliphatic rings. The smallest absolute Gasteiger partial charge is 0.255 e. The van der Waals surface area contributed by atoms with Crippen molar-refractivity contribution in [3.8, 4) is 0 Å². The number of nitrogens with one attached hydrogen (secondary N) is 1. The summed E-state index contributed by atoms with van der Waals surface area (Å²) in [6, 6.07) is 19.7. The molecule has 1 N–H and O–H groups in total. The van der Waals surface area contributed by atoms with Crippen molar-refractivity contribution in [3.05, 3.63) is 95.4 Å². The number of hydrogen-bond donors (Lipinski definition) is 1. The number of carbonyl (C=O) groups excluding carboxylic acids is 2. The van der Waals surface area contributed by atoms with E-state index in [2.05, 4.69) is 5.32 Å². The number of nitrogens with zero attached hydrogens (tertiary/aromatic N) is 1. The highest BCUT2D eigenvalue weighted by Gasteiger charge is 2.37. The maximum Gasteiger partial charge on any atom is 0.255 e. The summed E-state index contributed by atoms with van der Waals surface area (Å²) in [5.41, 5.74) is 2.38. The summed E-state index contributed by atoms with van der Waals surface area (Å²) < 4.78 is 5.27. The van der Waals surface area contributed by atoms with Crippen LogP contribution in [0.15, 0.2) is 77.4 Å². The number of furan rings is 1. The monoisotopic (exact) mass is 346 g/mol. The molecule has 5 nitrogen and oxygen atoms in total. The standard InChI is InChI=1S/C21H18N2O3/c24-20(22-13-17-10-6-12-26-17)19(15-7-2-1-3-8-15)23-14-16-9-4-5-11-18(16)21(23)25/h1-12,19H,13-14H2,(H,22,24)/t19-/m0/s1. The van der Waals surface area contributed by atoms with Crippen LogP contribution in [0.3, 0.4) is 0 Å². The second-order valence-electron chi connectivity index (χ2n) is 6.20. The Morgan fingerprint density at radius 2 is 1.81 bits per heavy atom. The molecule has 130 valence electrons. The molecule has 0 unspecified atom stereocenters. The third-order valence-electron chi connectivity index (χ3n) is 4.54. The summed E-state index contributed by atoms with van der Waals surface area (Å²) in [4.78, 5) is 27.5. The topological polar surface area (TPSA) is 62.6 Å². The second kappa shape index (κ2) is 6.88. The van der Waals surface area contributed by atoms with E-state index in [9.17, 15) is 9.59 Å². The Balaban J connectivity index is 1.62. The van der Waals surface area contributed by atoms with E-state index in [0.717, 1.165) is 11.1 Å². The van der Waals surface area contributed by atoms with Crippen LogP contribution in [-0.4, -0.2) is 16.7 Å². The molecule has 0 saturated heterocycles. The maximum atomic E-state index is 13.0. The van der Waals surface area contributed by atoms with Crippen LogP contribution in [0, 0.1) is 0 Å². The quantitative estimate of drug-likeness (QED) is 0.771. The van der Waals surface area contributed by atoms with Crippen molar-refractivity contribution >= 4 is 11.8 Å². The molecule has 2 heterocycles. The van der Waals surface area contributed by atoms with Crippen molar-refractivity contribution in [2.45, 2.75) is 19.1 Å². The van der Waals surface area contributed by atoms with Crippen LogP contribution in [0.5, 0.6) is 0 Å². The summed E-state index contributed by atoms with van der Waals surface area (Å²) in [7, 11) is 0. The first-order chi connectivity index (χ1) is 12.7. The van der Waals surface area contributed by atoms with Gasteiger partial charge in [-0.25, -0.2) is 0 Å². The number of benzene rings is 2. The molecule has 0 bridgehead atoms. The van der Waals surface area contributed by atoms with Gasteiger partial charge in [0.1, 0.15) is 11.8 Å². The maximum absolute atomic E-state index is 13.0. The van der Waals surface area contributed by atoms with Gasteiger partial charge in [-0.3, -0.25) is 9.59 Å². The summed E-state index contributed by atoms with van der Waals surface area (Å²) in [6.45, 7) is 0.701. The first-order valence-corrected chi connectivity index (χ1v) is 8.48. The Hall–Kier alpha value is -3.34. The second-order valence-corrected chi connectivity index (χ2v) is 6.20. The molecule has 0 saturated carbocycles. The van der Waals surface area contributed by atoms with E-state index in [4.69, 9.17) is 4.42 Å². The van der Waals surface area contributed by atoms with Gasteiger partial charge in [0, 0.05) is 12.1 Å². The third-order valence-corrected chi connectivity index (χ3v) is 4.54. The van der Waals surface area contributed by atoms with Crippen molar-refractivity contribution in [1.29, 1.82) is 0 Å². The minimum atomic E-state index is -0.689. The molecule has 5 heteroatoms. The SMILES string of the molecule is O=C(NCc1ccco1)[C@H](c1ccccc1)N1Cc2ccccc2C1=O. The van der Waals surface area contributed by atoms with E-state index in [1.165, 1.54) is 0 Å². The van der Waals surface area contributed by atoms with E-state index in [0.29, 0.717) is 17.9 Å². The van der Waals surface area contributed by atoms with Gasteiger partial charge < -0.3 is 14.6 Å². The molecule has 1 aliphatic heterocycles. The first-order valence-electron chi connectivity index (χ1n) is 8.48. The minimum Gasteiger partial charge on any atom is -0.467 e. The summed E-state index contributed by atoms with van der Waals surface area (Å²) in [5, 5.41) is 2.88. The lowest BCUT2D eigenvalue weighted by Gasteiger charge is -2.27. The van der Waals surface area contributed by atoms with Gasteiger partial charge in [0.25, 0.3) is 5.91 Å². The lowest BCUT2D eigenvalue weighted by atomic mass is 10.0. The van der Waals surface area contributed by atoms with E-state index >= 15 is 0 Å². The zero-order valence-electron chi connectivity index (χ0n) is 14.1. The average molecular weight is 346 g/mol. The first kappa shape index (κ1) is 16.1. The Morgan fingerprint density at radius 3 is 2.54 bits per heavy atom. The Labute approximate surface area is 151 Å². The number of hydrogen-bond acceptors (Lipinski definition) is 3. The molecular weight excluding hydrogens is 328 g/mol. The molecule has 2 aromatic carbocycles. The Kier molecular flexibility index (Phi) is 4.27. The van der Waals surface area contributed by atoms with Crippen LogP contribution in [0.1, 0.15) is 33.3 Å². The zero-order valence-corrected chi connectivity index (χ0v) is 14.1. The van der Waals surface area contributed by atoms with Gasteiger partial charge in [0.2, 0.25) is 5.91 Å². The molecule has 0 fully saturated rings. The van der Waals surface area contributed by atoms with Crippen LogP contribution in [0.2, 0.25) is 0 Å². The molecule has 26 heavy (non-hydrogen) atoms. The highest BCUT2D eigenvalue weighted by Crippen LogP contribution is 2.31. The summed E-state index contributed by atoms with van der Waals surface area (Å²) in [5.74, 6) is 0.317. The fourth-order valence-electron chi connectivity index (χ4n) is 3.28. The fourth-order valence-corrected chi connectivity index (χ4v) is 3.28. The number of carbonyl (C=O) groups is 2. The average Bonchev–Trinajstić information content (AvgIpc) is 3.30. The lowest BCUT2D eigenvalue weighted by molar-refractivity contribution is -0.126. The van der Waals surface area contributed by atoms with E-state index in [1.54, 1.807) is 29.4 Å². The predicted octanol–water partition coefficient (Wildman–Crippen LogP) is 3.29. The van der Waals surface area contributed by atoms with Crippen molar-refractivity contribution in [2.24, 2.45) is 0 Å². The van der Waals surface area contributed by atoms with Crippen LogP contribution in [-0.2, 0) is 17.9 Å². The van der Waals surface area contributed by atoms with Gasteiger partial charge in [0.15, 0.2) is 0 Å². The van der Waals surface area contributed by atoms with Gasteiger partial charge in [-0.2, -0.15) is 0 Å². The molecular formula is C21H18N2O3. The van der Waals surface area contributed by atoms with Gasteiger partial charge in [0.05, 0.1) is 12.8 Å². The predicted molar refractivity (Wildman–Crippen MR) is 96.1 cm³/mol. The van der Waals surface area contributed by atoms with Gasteiger partial charge in [-0.05, 0) is 29.3 Å². The van der Waals surface area contributed by atoms with Crippen LogP contribution < -0.4 is 5.32 Å². The van der Waals surface area contributed by atoms with Crippen molar-refractivity contribution < 1.29 is 14.0 Å². The Bertz CT molecular complexity index is 919. The molecule has 0 radical (unpaired) electrons. The molecule has 1 atom stereocenters. The molecule has 1 aromatic heterocycles. The third kappa shape index (κ3) is 2.99. The highest BCUT2D eigenvalue weighted by molar-refractivity contribution is 6.01. The number of rotatable bonds is 5. The minimum absolute atomic E-state index is 0.123. The molecule has 0 aliphatic carbocycles. The van der Waals surface area contributed by atoms with Gasteiger partial charge in [-0.1, -0.05) is 48.5 Å². The molecule has 4 rings (SSSR count). The largest absolute Gasteiger partial charge is 0.467 e. The van der Waals surface area contributed by atoms with Crippen LogP contribution in [0.4, 0.5) is 0 Å². The lowest BCUT2D eigenvalue weighted by Crippen LogP contribution is -2.40. The highest BCUT2D eigenvalue weighted by atomic mass is 16.3.